The van der Waals surface area contributed by atoms with E-state index in [0.29, 0.717) is 25.8 Å². The number of nitrogens with one attached hydrogen (secondary N) is 3. The molecular weight excluding hydrogens is 547 g/mol. The maximum absolute atomic E-state index is 13.8. The molecule has 3 rings (SSSR count). The van der Waals surface area contributed by atoms with Gasteiger partial charge in [-0.1, -0.05) is 34.1 Å². The van der Waals surface area contributed by atoms with Crippen molar-refractivity contribution in [1.29, 1.82) is 0 Å². The Morgan fingerprint density at radius 2 is 1.83 bits per heavy atom. The largest absolute Gasteiger partial charge is 0.471 e. The van der Waals surface area contributed by atoms with E-state index in [9.17, 15) is 37.1 Å². The van der Waals surface area contributed by atoms with Crippen LogP contribution in [0.4, 0.5) is 18.0 Å². The number of hydrogen-bond donors (Lipinski definition) is 3. The van der Waals surface area contributed by atoms with Gasteiger partial charge in [-0.25, -0.2) is 9.80 Å². The minimum Gasteiger partial charge on any atom is -0.442 e. The van der Waals surface area contributed by atoms with Gasteiger partial charge in [-0.3, -0.25) is 24.6 Å². The monoisotopic (exact) mass is 589 g/mol. The van der Waals surface area contributed by atoms with E-state index in [-0.39, 0.29) is 36.2 Å². The molecule has 41 heavy (non-hydrogen) atoms. The Bertz CT molecular complexity index is 1060. The molecule has 1 aliphatic carbocycles. The molecule has 2 heterocycles. The molecule has 5 amide bonds. The fourth-order valence-corrected chi connectivity index (χ4v) is 5.81. The summed E-state index contributed by atoms with van der Waals surface area (Å²) < 4.78 is 44.7. The van der Waals surface area contributed by atoms with Gasteiger partial charge in [-0.05, 0) is 56.8 Å². The van der Waals surface area contributed by atoms with Crippen LogP contribution in [-0.2, 0) is 23.9 Å². The lowest BCUT2D eigenvalue weighted by atomic mass is 9.95. The van der Waals surface area contributed by atoms with Crippen LogP contribution in [0, 0.1) is 29.1 Å². The molecule has 3 fully saturated rings. The van der Waals surface area contributed by atoms with Crippen LogP contribution in [0.25, 0.3) is 0 Å². The summed E-state index contributed by atoms with van der Waals surface area (Å²) in [6.07, 6.45) is -4.59. The van der Waals surface area contributed by atoms with Gasteiger partial charge in [0.2, 0.25) is 11.8 Å². The highest BCUT2D eigenvalue weighted by atomic mass is 19.4. The summed E-state index contributed by atoms with van der Waals surface area (Å²) in [6, 6.07) is -2.61. The molecule has 2 saturated heterocycles. The van der Waals surface area contributed by atoms with Crippen LogP contribution in [0.15, 0.2) is 0 Å². The molecule has 11 nitrogen and oxygen atoms in total. The Kier molecular flexibility index (Phi) is 9.24. The average molecular weight is 590 g/mol. The van der Waals surface area contributed by atoms with E-state index in [0.717, 1.165) is 5.01 Å². The second-order valence-electron chi connectivity index (χ2n) is 12.9. The number of carbonyl (C=O) groups is 5. The summed E-state index contributed by atoms with van der Waals surface area (Å²) in [5.41, 5.74) is 1.31. The van der Waals surface area contributed by atoms with Crippen molar-refractivity contribution in [2.45, 2.75) is 91.6 Å². The van der Waals surface area contributed by atoms with Gasteiger partial charge in [0, 0.05) is 13.1 Å². The predicted molar refractivity (Wildman–Crippen MR) is 141 cm³/mol. The van der Waals surface area contributed by atoms with Crippen molar-refractivity contribution in [3.05, 3.63) is 0 Å². The van der Waals surface area contributed by atoms with Gasteiger partial charge < -0.3 is 20.3 Å². The summed E-state index contributed by atoms with van der Waals surface area (Å²) in [6.45, 7) is 12.5. The first-order valence-electron chi connectivity index (χ1n) is 14.1. The zero-order valence-electron chi connectivity index (χ0n) is 24.7. The molecule has 0 aromatic rings. The van der Waals surface area contributed by atoms with E-state index in [1.807, 2.05) is 19.2 Å². The van der Waals surface area contributed by atoms with Gasteiger partial charge in [0.15, 0.2) is 0 Å². The number of hydrogen-bond acceptors (Lipinski definition) is 6. The van der Waals surface area contributed by atoms with Crippen LogP contribution in [0.5, 0.6) is 0 Å². The van der Waals surface area contributed by atoms with Gasteiger partial charge in [-0.2, -0.15) is 13.2 Å². The Morgan fingerprint density at radius 1 is 1.20 bits per heavy atom. The lowest BCUT2D eigenvalue weighted by Gasteiger charge is -2.36. The summed E-state index contributed by atoms with van der Waals surface area (Å²) in [4.78, 5) is 66.0. The molecule has 3 N–H and O–H groups in total. The summed E-state index contributed by atoms with van der Waals surface area (Å²) >= 11 is 0. The molecule has 3 aliphatic rings. The number of nitrogens with zero attached hydrogens (tertiary/aromatic N) is 2. The number of piperidine rings is 2. The molecular formula is C27H42F3N5O6. The molecule has 232 valence electrons. The first kappa shape index (κ1) is 32.5. The quantitative estimate of drug-likeness (QED) is 0.390. The van der Waals surface area contributed by atoms with Crippen molar-refractivity contribution < 1.29 is 41.9 Å². The summed E-state index contributed by atoms with van der Waals surface area (Å²) in [5, 5.41) is 5.50. The maximum Gasteiger partial charge on any atom is 0.471 e. The van der Waals surface area contributed by atoms with Crippen LogP contribution in [0.3, 0.4) is 0 Å². The van der Waals surface area contributed by atoms with E-state index in [1.54, 1.807) is 34.6 Å². The highest BCUT2D eigenvalue weighted by Gasteiger charge is 2.70. The normalized spacial score (nSPS) is 26.7. The van der Waals surface area contributed by atoms with E-state index >= 15 is 0 Å². The number of carbonyl (C=O) groups excluding carboxylic acids is 5. The molecule has 0 aromatic carbocycles. The van der Waals surface area contributed by atoms with E-state index in [1.165, 1.54) is 4.90 Å². The summed E-state index contributed by atoms with van der Waals surface area (Å²) in [5.74, 6) is -5.68. The number of amides is 5. The fourth-order valence-electron chi connectivity index (χ4n) is 5.81. The third-order valence-electron chi connectivity index (χ3n) is 8.44. The highest BCUT2D eigenvalue weighted by molar-refractivity contribution is 5.95. The van der Waals surface area contributed by atoms with Crippen molar-refractivity contribution in [3.8, 4) is 0 Å². The van der Waals surface area contributed by atoms with Crippen molar-refractivity contribution in [1.82, 2.24) is 26.0 Å². The van der Waals surface area contributed by atoms with E-state index in [4.69, 9.17) is 4.74 Å². The molecule has 2 aliphatic heterocycles. The van der Waals surface area contributed by atoms with Crippen LogP contribution >= 0.6 is 0 Å². The standard InChI is InChI=1S/C27H42F3N5O6/c1-8-14(2)18(32-23(39)27(28,29)30)22(38)34-13-16-17(26(16,6)7)19(34)21(37)33-35(24(40)41-25(3,4)5)12-15-10-9-11-31-20(15)36/h14-19H,8-13H2,1-7H3,(H,31,36)(H,32,39)(H,33,37)/t14?,15-,16-,17-,18?,19-/m0/s1. The Labute approximate surface area is 238 Å². The fraction of sp³-hybridized carbons (Fsp3) is 0.815. The molecule has 0 aromatic heterocycles. The van der Waals surface area contributed by atoms with Gasteiger partial charge in [0.1, 0.15) is 17.7 Å². The number of rotatable bonds is 7. The second-order valence-corrected chi connectivity index (χ2v) is 12.9. The smallest absolute Gasteiger partial charge is 0.442 e. The van der Waals surface area contributed by atoms with Crippen molar-refractivity contribution >= 4 is 29.7 Å². The molecule has 6 atom stereocenters. The second kappa shape index (κ2) is 11.7. The van der Waals surface area contributed by atoms with Crippen LogP contribution in [-0.4, -0.2) is 83.1 Å². The van der Waals surface area contributed by atoms with Crippen LogP contribution < -0.4 is 16.1 Å². The minimum atomic E-state index is -5.18. The first-order chi connectivity index (χ1) is 18.8. The first-order valence-corrected chi connectivity index (χ1v) is 14.1. The molecule has 0 bridgehead atoms. The molecule has 1 saturated carbocycles. The van der Waals surface area contributed by atoms with Crippen molar-refractivity contribution in [2.75, 3.05) is 19.6 Å². The number of hydrazine groups is 1. The Balaban J connectivity index is 1.88. The lowest BCUT2D eigenvalue weighted by Crippen LogP contribution is -2.61. The van der Waals surface area contributed by atoms with Gasteiger partial charge >= 0.3 is 18.2 Å². The number of ether oxygens (including phenoxy) is 1. The number of likely N-dealkylation sites (tertiary alicyclic amines) is 1. The van der Waals surface area contributed by atoms with Crippen LogP contribution in [0.2, 0.25) is 0 Å². The third-order valence-corrected chi connectivity index (χ3v) is 8.44. The highest BCUT2D eigenvalue weighted by Crippen LogP contribution is 2.65. The Hall–Kier alpha value is -3.06. The maximum atomic E-state index is 13.8. The SMILES string of the molecule is CCC(C)C(NC(=O)C(F)(F)F)C(=O)N1C[C@H]2[C@@H]([C@H]1C(=O)NN(C[C@@H]1CCCNC1=O)C(=O)OC(C)(C)C)C2(C)C. The average Bonchev–Trinajstić information content (AvgIpc) is 3.18. The van der Waals surface area contributed by atoms with Gasteiger partial charge in [0.25, 0.3) is 5.91 Å². The van der Waals surface area contributed by atoms with E-state index in [2.05, 4.69) is 10.7 Å². The number of alkyl halides is 3. The third kappa shape index (κ3) is 7.24. The summed E-state index contributed by atoms with van der Waals surface area (Å²) in [7, 11) is 0. The molecule has 0 radical (unpaired) electrons. The molecule has 14 heteroatoms. The Morgan fingerprint density at radius 3 is 2.37 bits per heavy atom. The topological polar surface area (TPSA) is 137 Å². The van der Waals surface area contributed by atoms with Crippen molar-refractivity contribution in [3.63, 3.8) is 0 Å². The minimum absolute atomic E-state index is 0.0998. The predicted octanol–water partition coefficient (Wildman–Crippen LogP) is 2.36. The van der Waals surface area contributed by atoms with Gasteiger partial charge in [0.05, 0.1) is 12.5 Å². The van der Waals surface area contributed by atoms with Crippen LogP contribution in [0.1, 0.15) is 67.7 Å². The van der Waals surface area contributed by atoms with E-state index < -0.39 is 59.5 Å². The zero-order chi connectivity index (χ0) is 31.1. The van der Waals surface area contributed by atoms with Crippen molar-refractivity contribution in [2.24, 2.45) is 29.1 Å². The zero-order valence-corrected chi connectivity index (χ0v) is 24.7. The lowest BCUT2D eigenvalue weighted by molar-refractivity contribution is -0.175. The number of fused-ring (bicyclic) bond motifs is 1. The molecule has 2 unspecified atom stereocenters. The molecule has 0 spiro atoms. The van der Waals surface area contributed by atoms with Gasteiger partial charge in [-0.15, -0.1) is 0 Å². The number of halogens is 3.